The van der Waals surface area contributed by atoms with Crippen LogP contribution in [0.15, 0.2) is 444 Å². The van der Waals surface area contributed by atoms with Gasteiger partial charge in [0.2, 0.25) is 5.78 Å². The number of Topliss-reactive ketones (excluding diaryl/α,β-unsaturated/α-hetero) is 1. The van der Waals surface area contributed by atoms with E-state index in [4.69, 9.17) is 18.9 Å². The fourth-order valence-corrected chi connectivity index (χ4v) is 22.1. The quantitative estimate of drug-likeness (QED) is 0.0138. The molecule has 1 saturated heterocycles. The number of nitrogens with zero attached hydrogens (tertiary/aromatic N) is 1. The SMILES string of the molecule is CCC(C)c1ccc(OC(=O)CN(c2ccccc2)c2ccc(S(=O)(=O)[O-])cc2)cc1.CCC(C)c1ccc(OC(=O)c2ccccc2S(=O)(=O)[O-])cc1.CCC(C)c1ccc(OCC(=O)Oc2ccc3cc(S(=O)(=O)[O-])ccc3c2)cc1.O=C(C[S+]1CCCC1)c1ccccc1.c1ccc([S+](c2ccccc2)c2ccccc2)cc1.c1ccc([S+](c2ccccc2)c2ccccc2)cc1. The molecule has 1 fully saturated rings. The lowest BCUT2D eigenvalue weighted by Crippen LogP contribution is -2.28. The van der Waals surface area contributed by atoms with Gasteiger partial charge in [-0.1, -0.05) is 260 Å². The van der Waals surface area contributed by atoms with E-state index >= 15 is 0 Å². The molecule has 1 aliphatic rings. The van der Waals surface area contributed by atoms with E-state index in [1.54, 1.807) is 41.3 Å². The fourth-order valence-electron chi connectivity index (χ4n) is 14.0. The van der Waals surface area contributed by atoms with Crippen LogP contribution in [-0.4, -0.2) is 93.0 Å². The predicted molar refractivity (Wildman–Crippen MR) is 536 cm³/mol. The van der Waals surface area contributed by atoms with E-state index < -0.39 is 53.2 Å². The third-order valence-electron chi connectivity index (χ3n) is 21.9. The highest BCUT2D eigenvalue weighted by Crippen LogP contribution is 2.35. The number of esters is 3. The highest BCUT2D eigenvalue weighted by Gasteiger charge is 2.31. The van der Waals surface area contributed by atoms with Gasteiger partial charge in [0.1, 0.15) is 71.4 Å². The van der Waals surface area contributed by atoms with Crippen molar-refractivity contribution in [3.8, 4) is 23.0 Å². The Hall–Kier alpha value is -13.0. The van der Waals surface area contributed by atoms with Gasteiger partial charge in [0.15, 0.2) is 41.7 Å². The standard InChI is InChI=1S/C24H25NO5S.C22H22O6S.2C18H15S.C17H18O5S.C12H15OS/c1-3-18(2)19-9-13-22(14-10-19)30-24(26)17-25(20-7-5-4-6-8-20)21-11-15-23(16-12-21)31(27,28)29;1-3-15(2)16-4-8-19(9-5-16)27-14-22(23)28-20-10-6-18-13-21(29(24,25)26)11-7-17(18)12-20;2*1-4-10-16(11-5-1)19(17-12-6-2-7-13-17)18-14-8-3-9-15-18;1-3-12(2)13-8-10-14(11-9-13)22-17(18)15-6-4-5-7-16(15)23(19,20)21;13-12(10-14-8-4-5-9-14)11-6-2-1-3-7-11/h4-16,18H,3,17H2,1-2H3,(H,27,28,29);4-13,15H,3,14H2,1-2H3,(H,24,25,26);2*1-15H;4-12H,3H2,1-2H3,(H,19,20,21);1-3,6-7H,4-5,8-10H2/q;;2*+1;;+1/p-3. The third kappa shape index (κ3) is 31.8. The van der Waals surface area contributed by atoms with Crippen molar-refractivity contribution in [2.75, 3.05) is 35.3 Å². The van der Waals surface area contributed by atoms with Gasteiger partial charge in [0.25, 0.3) is 0 Å². The molecule has 1 heterocycles. The van der Waals surface area contributed by atoms with Crippen molar-refractivity contribution in [2.24, 2.45) is 0 Å². The zero-order valence-corrected chi connectivity index (χ0v) is 80.6. The van der Waals surface area contributed by atoms with E-state index in [1.165, 1.54) is 132 Å². The van der Waals surface area contributed by atoms with Crippen LogP contribution in [0.25, 0.3) is 10.8 Å². The summed E-state index contributed by atoms with van der Waals surface area (Å²) in [5.74, 6) is 4.67. The van der Waals surface area contributed by atoms with Gasteiger partial charge >= 0.3 is 17.9 Å². The van der Waals surface area contributed by atoms with Gasteiger partial charge in [0, 0.05) is 16.9 Å². The van der Waals surface area contributed by atoms with E-state index in [0.717, 1.165) is 47.9 Å². The highest BCUT2D eigenvalue weighted by molar-refractivity contribution is 7.98. The molecule has 0 aliphatic carbocycles. The van der Waals surface area contributed by atoms with Crippen molar-refractivity contribution in [2.45, 2.75) is 135 Å². The monoisotopic (exact) mass is 1920 g/mol. The Balaban J connectivity index is 0.000000158. The molecule has 1 aliphatic heterocycles. The van der Waals surface area contributed by atoms with Crippen LogP contribution >= 0.6 is 0 Å². The Morgan fingerprint density at radius 2 is 0.681 bits per heavy atom. The molecule has 694 valence electrons. The normalized spacial score (nSPS) is 12.4. The van der Waals surface area contributed by atoms with Crippen molar-refractivity contribution in [1.82, 2.24) is 0 Å². The Bertz CT molecular complexity index is 6300. The van der Waals surface area contributed by atoms with E-state index in [-0.39, 0.29) is 50.3 Å². The molecule has 18 nitrogen and oxygen atoms in total. The molecule has 15 aromatic carbocycles. The fraction of sp³-hybridized carbons (Fsp3) is 0.171. The summed E-state index contributed by atoms with van der Waals surface area (Å²) in [6.45, 7) is 12.4. The van der Waals surface area contributed by atoms with Crippen LogP contribution in [0.1, 0.15) is 129 Å². The van der Waals surface area contributed by atoms with Gasteiger partial charge in [-0.25, -0.2) is 39.6 Å². The maximum Gasteiger partial charge on any atom is 0.349 e. The Morgan fingerprint density at radius 1 is 0.348 bits per heavy atom. The van der Waals surface area contributed by atoms with E-state index in [2.05, 4.69) is 224 Å². The van der Waals surface area contributed by atoms with Crippen molar-refractivity contribution in [1.29, 1.82) is 0 Å². The maximum atomic E-state index is 12.7. The number of benzene rings is 15. The van der Waals surface area contributed by atoms with Crippen LogP contribution in [0.4, 0.5) is 11.4 Å². The molecule has 0 spiro atoms. The number of hydrogen-bond donors (Lipinski definition) is 0. The van der Waals surface area contributed by atoms with Crippen LogP contribution in [0, 0.1) is 0 Å². The molecular weight excluding hydrogens is 1810 g/mol. The highest BCUT2D eigenvalue weighted by atomic mass is 32.2. The Labute approximate surface area is 801 Å². The first-order valence-corrected chi connectivity index (χ1v) is 52.5. The number of para-hydroxylation sites is 1. The molecule has 0 N–H and O–H groups in total. The first-order chi connectivity index (χ1) is 65.1. The predicted octanol–water partition coefficient (Wildman–Crippen LogP) is 24.3. The molecule has 0 bridgehead atoms. The number of carbonyl (C=O) groups excluding carboxylic acids is 4. The Morgan fingerprint density at radius 3 is 1.08 bits per heavy atom. The van der Waals surface area contributed by atoms with E-state index in [0.29, 0.717) is 73.9 Å². The smallest absolute Gasteiger partial charge is 0.349 e. The lowest BCUT2D eigenvalue weighted by atomic mass is 9.99. The number of hydrogen-bond acceptors (Lipinski definition) is 18. The number of carbonyl (C=O) groups is 4. The summed E-state index contributed by atoms with van der Waals surface area (Å²) in [6, 6.07) is 125. The van der Waals surface area contributed by atoms with E-state index in [1.807, 2.05) is 109 Å². The summed E-state index contributed by atoms with van der Waals surface area (Å²) >= 11 is 0. The minimum atomic E-state index is -4.74. The van der Waals surface area contributed by atoms with Gasteiger partial charge in [0.05, 0.1) is 42.0 Å². The number of fused-ring (bicyclic) bond motifs is 1. The number of ether oxygens (including phenoxy) is 4. The van der Waals surface area contributed by atoms with Crippen LogP contribution in [-0.2, 0) is 72.6 Å². The zero-order valence-electron chi connectivity index (χ0n) is 75.7. The van der Waals surface area contributed by atoms with Gasteiger partial charge < -0.3 is 37.5 Å². The van der Waals surface area contributed by atoms with Crippen LogP contribution in [0.2, 0.25) is 0 Å². The van der Waals surface area contributed by atoms with Crippen molar-refractivity contribution < 1.29 is 77.0 Å². The molecule has 135 heavy (non-hydrogen) atoms. The zero-order chi connectivity index (χ0) is 96.1. The topological polar surface area (TPSA) is 280 Å². The van der Waals surface area contributed by atoms with Gasteiger partial charge in [-0.2, -0.15) is 0 Å². The largest absolute Gasteiger partial charge is 0.744 e. The second kappa shape index (κ2) is 51.5. The lowest BCUT2D eigenvalue weighted by molar-refractivity contribution is -0.136. The second-order valence-corrected chi connectivity index (χ2v) is 41.8. The number of anilines is 2. The molecule has 0 radical (unpaired) electrons. The molecule has 16 rings (SSSR count). The van der Waals surface area contributed by atoms with E-state index in [9.17, 15) is 58.1 Å². The minimum Gasteiger partial charge on any atom is -0.744 e. The first-order valence-electron chi connectivity index (χ1n) is 44.1. The Kier molecular flexibility index (Phi) is 39.1. The average Bonchev–Trinajstić information content (AvgIpc) is 1.11. The summed E-state index contributed by atoms with van der Waals surface area (Å²) in [6.07, 6.45) is 5.72. The van der Waals surface area contributed by atoms with Crippen molar-refractivity contribution in [3.05, 3.63) is 428 Å². The number of rotatable bonds is 29. The molecule has 0 amide bonds. The summed E-state index contributed by atoms with van der Waals surface area (Å²) in [5.41, 5.74) is 5.41. The van der Waals surface area contributed by atoms with Gasteiger partial charge in [-0.15, -0.1) is 0 Å². The first kappa shape index (κ1) is 103. The summed E-state index contributed by atoms with van der Waals surface area (Å²) in [5, 5.41) is 1.20. The number of ketones is 1. The summed E-state index contributed by atoms with van der Waals surface area (Å²) < 4.78 is 122. The van der Waals surface area contributed by atoms with Gasteiger partial charge in [-0.05, 0) is 270 Å². The summed E-state index contributed by atoms with van der Waals surface area (Å²) in [7, 11) is -13.4. The molecular formula is C111H107NO17S6. The summed E-state index contributed by atoms with van der Waals surface area (Å²) in [4.78, 5) is 57.3. The third-order valence-corrected chi connectivity index (χ3v) is 31.3. The van der Waals surface area contributed by atoms with Crippen molar-refractivity contribution >= 4 is 109 Å². The van der Waals surface area contributed by atoms with Crippen LogP contribution in [0.3, 0.4) is 0 Å². The molecule has 3 atom stereocenters. The molecule has 0 saturated carbocycles. The average molecular weight is 1920 g/mol. The molecule has 0 aromatic heterocycles. The van der Waals surface area contributed by atoms with Gasteiger partial charge in [-0.3, -0.25) is 4.79 Å². The lowest BCUT2D eigenvalue weighted by Gasteiger charge is -2.24. The minimum absolute atomic E-state index is 0.0146. The second-order valence-electron chi connectivity index (χ2n) is 31.4. The maximum absolute atomic E-state index is 12.7. The molecule has 3 unspecified atom stereocenters. The van der Waals surface area contributed by atoms with Crippen LogP contribution < -0.4 is 23.8 Å². The van der Waals surface area contributed by atoms with Crippen LogP contribution in [0.5, 0.6) is 23.0 Å². The molecule has 15 aromatic rings. The molecule has 24 heteroatoms. The van der Waals surface area contributed by atoms with Crippen molar-refractivity contribution in [3.63, 3.8) is 0 Å².